The Morgan fingerprint density at radius 2 is 2.12 bits per heavy atom. The van der Waals surface area contributed by atoms with Crippen LogP contribution < -0.4 is 5.32 Å². The van der Waals surface area contributed by atoms with Crippen LogP contribution in [-0.2, 0) is 11.3 Å². The number of aryl methyl sites for hydroxylation is 1. The Morgan fingerprint density at radius 1 is 1.38 bits per heavy atom. The van der Waals surface area contributed by atoms with Crippen molar-refractivity contribution in [2.75, 3.05) is 13.2 Å². The molecule has 1 heterocycles. The number of ether oxygens (including phenoxy) is 1. The van der Waals surface area contributed by atoms with Crippen LogP contribution in [0, 0.1) is 12.8 Å². The molecule has 16 heavy (non-hydrogen) atoms. The molecule has 0 aliphatic carbocycles. The third-order valence-corrected chi connectivity index (χ3v) is 3.03. The van der Waals surface area contributed by atoms with Gasteiger partial charge in [0.05, 0.1) is 11.6 Å². The van der Waals surface area contributed by atoms with Gasteiger partial charge in [-0.2, -0.15) is 0 Å². The summed E-state index contributed by atoms with van der Waals surface area (Å²) in [5.74, 6) is 0.608. The van der Waals surface area contributed by atoms with Gasteiger partial charge >= 0.3 is 0 Å². The number of nitrogens with one attached hydrogen (secondary N) is 1. The Hall–Kier alpha value is -0.450. The Kier molecular flexibility index (Phi) is 5.95. The molecule has 1 N–H and O–H groups in total. The molecule has 0 saturated heterocycles. The fraction of sp³-hybridized carbons (Fsp3) is 0.750. The SMILES string of the molecule is Cc1ncc(CNC(C)COCC(C)C)s1. The van der Waals surface area contributed by atoms with Crippen molar-refractivity contribution in [2.24, 2.45) is 5.92 Å². The Labute approximate surface area is 102 Å². The summed E-state index contributed by atoms with van der Waals surface area (Å²) in [6, 6.07) is 0.390. The lowest BCUT2D eigenvalue weighted by Crippen LogP contribution is -2.30. The molecule has 0 fully saturated rings. The summed E-state index contributed by atoms with van der Waals surface area (Å²) in [6.07, 6.45) is 1.94. The third-order valence-electron chi connectivity index (χ3n) is 2.11. The molecular weight excluding hydrogens is 220 g/mol. The normalized spacial score (nSPS) is 13.3. The Bertz CT molecular complexity index is 299. The van der Waals surface area contributed by atoms with Crippen LogP contribution in [0.5, 0.6) is 0 Å². The van der Waals surface area contributed by atoms with Crippen molar-refractivity contribution in [1.29, 1.82) is 0 Å². The Morgan fingerprint density at radius 3 is 2.69 bits per heavy atom. The van der Waals surface area contributed by atoms with E-state index in [2.05, 4.69) is 31.1 Å². The first kappa shape index (κ1) is 13.6. The van der Waals surface area contributed by atoms with Crippen LogP contribution in [-0.4, -0.2) is 24.2 Å². The lowest BCUT2D eigenvalue weighted by molar-refractivity contribution is 0.0936. The van der Waals surface area contributed by atoms with Crippen LogP contribution in [0.25, 0.3) is 0 Å². The van der Waals surface area contributed by atoms with E-state index >= 15 is 0 Å². The van der Waals surface area contributed by atoms with Gasteiger partial charge in [-0.3, -0.25) is 0 Å². The number of hydrogen-bond acceptors (Lipinski definition) is 4. The van der Waals surface area contributed by atoms with Crippen LogP contribution in [0.3, 0.4) is 0 Å². The number of rotatable bonds is 7. The summed E-state index contributed by atoms with van der Waals surface area (Å²) >= 11 is 1.74. The minimum atomic E-state index is 0.390. The first-order valence-electron chi connectivity index (χ1n) is 5.80. The highest BCUT2D eigenvalue weighted by molar-refractivity contribution is 7.11. The highest BCUT2D eigenvalue weighted by atomic mass is 32.1. The molecule has 3 nitrogen and oxygen atoms in total. The first-order valence-corrected chi connectivity index (χ1v) is 6.62. The van der Waals surface area contributed by atoms with Gasteiger partial charge in [0.1, 0.15) is 0 Å². The van der Waals surface area contributed by atoms with E-state index in [0.29, 0.717) is 12.0 Å². The minimum absolute atomic E-state index is 0.390. The van der Waals surface area contributed by atoms with E-state index in [4.69, 9.17) is 4.74 Å². The number of aromatic nitrogens is 1. The van der Waals surface area contributed by atoms with Gasteiger partial charge in [-0.05, 0) is 19.8 Å². The molecule has 1 unspecified atom stereocenters. The first-order chi connectivity index (χ1) is 7.58. The van der Waals surface area contributed by atoms with E-state index in [1.807, 2.05) is 13.1 Å². The van der Waals surface area contributed by atoms with Crippen molar-refractivity contribution in [3.63, 3.8) is 0 Å². The van der Waals surface area contributed by atoms with Crippen molar-refractivity contribution >= 4 is 11.3 Å². The van der Waals surface area contributed by atoms with Gasteiger partial charge in [0.25, 0.3) is 0 Å². The topological polar surface area (TPSA) is 34.2 Å². The lowest BCUT2D eigenvalue weighted by atomic mass is 10.2. The number of nitrogens with zero attached hydrogens (tertiary/aromatic N) is 1. The maximum atomic E-state index is 5.58. The molecule has 0 saturated carbocycles. The molecule has 0 aromatic carbocycles. The molecule has 1 aromatic rings. The smallest absolute Gasteiger partial charge is 0.0897 e. The molecule has 0 radical (unpaired) electrons. The number of thiazole rings is 1. The molecule has 1 rings (SSSR count). The standard InChI is InChI=1S/C12H22N2OS/c1-9(2)7-15-8-10(3)13-5-12-6-14-11(4)16-12/h6,9-10,13H,5,7-8H2,1-4H3. The summed E-state index contributed by atoms with van der Waals surface area (Å²) in [7, 11) is 0. The summed E-state index contributed by atoms with van der Waals surface area (Å²) in [4.78, 5) is 5.51. The van der Waals surface area contributed by atoms with Crippen LogP contribution >= 0.6 is 11.3 Å². The fourth-order valence-electron chi connectivity index (χ4n) is 1.30. The van der Waals surface area contributed by atoms with Gasteiger partial charge in [-0.15, -0.1) is 11.3 Å². The quantitative estimate of drug-likeness (QED) is 0.798. The summed E-state index contributed by atoms with van der Waals surface area (Å²) in [6.45, 7) is 11.0. The average Bonchev–Trinajstić information content (AvgIpc) is 2.61. The summed E-state index contributed by atoms with van der Waals surface area (Å²) < 4.78 is 5.58. The van der Waals surface area contributed by atoms with Crippen LogP contribution in [0.2, 0.25) is 0 Å². The van der Waals surface area contributed by atoms with E-state index in [-0.39, 0.29) is 0 Å². The summed E-state index contributed by atoms with van der Waals surface area (Å²) in [5, 5.41) is 4.56. The molecular formula is C12H22N2OS. The van der Waals surface area contributed by atoms with Gasteiger partial charge in [0, 0.05) is 30.3 Å². The molecule has 0 amide bonds. The van der Waals surface area contributed by atoms with Gasteiger partial charge in [0.2, 0.25) is 0 Å². The zero-order valence-corrected chi connectivity index (χ0v) is 11.4. The second kappa shape index (κ2) is 6.99. The fourth-order valence-corrected chi connectivity index (χ4v) is 2.05. The van der Waals surface area contributed by atoms with Gasteiger partial charge in [-0.1, -0.05) is 13.8 Å². The average molecular weight is 242 g/mol. The molecule has 0 aliphatic heterocycles. The van der Waals surface area contributed by atoms with Gasteiger partial charge < -0.3 is 10.1 Å². The lowest BCUT2D eigenvalue weighted by Gasteiger charge is -2.14. The molecule has 4 heteroatoms. The molecule has 92 valence electrons. The predicted octanol–water partition coefficient (Wildman–Crippen LogP) is 2.60. The molecule has 1 aromatic heterocycles. The van der Waals surface area contributed by atoms with Crippen molar-refractivity contribution in [1.82, 2.24) is 10.3 Å². The molecule has 0 aliphatic rings. The van der Waals surface area contributed by atoms with Crippen molar-refractivity contribution < 1.29 is 4.74 Å². The zero-order valence-electron chi connectivity index (χ0n) is 10.6. The largest absolute Gasteiger partial charge is 0.380 e. The van der Waals surface area contributed by atoms with E-state index in [1.54, 1.807) is 11.3 Å². The minimum Gasteiger partial charge on any atom is -0.380 e. The monoisotopic (exact) mass is 242 g/mol. The van der Waals surface area contributed by atoms with Crippen molar-refractivity contribution in [3.05, 3.63) is 16.1 Å². The maximum absolute atomic E-state index is 5.58. The molecule has 0 bridgehead atoms. The second-order valence-corrected chi connectivity index (χ2v) is 5.88. The van der Waals surface area contributed by atoms with Crippen LogP contribution in [0.1, 0.15) is 30.7 Å². The Balaban J connectivity index is 2.12. The van der Waals surface area contributed by atoms with Gasteiger partial charge in [0.15, 0.2) is 0 Å². The molecule has 0 spiro atoms. The van der Waals surface area contributed by atoms with E-state index in [0.717, 1.165) is 24.8 Å². The van der Waals surface area contributed by atoms with E-state index in [9.17, 15) is 0 Å². The van der Waals surface area contributed by atoms with Crippen LogP contribution in [0.4, 0.5) is 0 Å². The molecule has 1 atom stereocenters. The summed E-state index contributed by atoms with van der Waals surface area (Å²) in [5.41, 5.74) is 0. The predicted molar refractivity (Wildman–Crippen MR) is 68.8 cm³/mol. The van der Waals surface area contributed by atoms with Gasteiger partial charge in [-0.25, -0.2) is 4.98 Å². The van der Waals surface area contributed by atoms with Crippen LogP contribution in [0.15, 0.2) is 6.20 Å². The third kappa shape index (κ3) is 5.58. The van der Waals surface area contributed by atoms with E-state index in [1.165, 1.54) is 4.88 Å². The number of hydrogen-bond donors (Lipinski definition) is 1. The van der Waals surface area contributed by atoms with Crippen molar-refractivity contribution in [2.45, 2.75) is 40.3 Å². The highest BCUT2D eigenvalue weighted by Gasteiger charge is 2.04. The highest BCUT2D eigenvalue weighted by Crippen LogP contribution is 2.10. The maximum Gasteiger partial charge on any atom is 0.0897 e. The van der Waals surface area contributed by atoms with E-state index < -0.39 is 0 Å². The second-order valence-electron chi connectivity index (χ2n) is 4.56. The van der Waals surface area contributed by atoms with Crippen molar-refractivity contribution in [3.8, 4) is 0 Å². The zero-order chi connectivity index (χ0) is 12.0.